The van der Waals surface area contributed by atoms with Crippen molar-refractivity contribution < 1.29 is 19.0 Å². The van der Waals surface area contributed by atoms with Gasteiger partial charge >= 0.3 is 0 Å². The largest absolute Gasteiger partial charge is 0.493 e. The number of nitrogens with zero attached hydrogens (tertiary/aromatic N) is 1. The summed E-state index contributed by atoms with van der Waals surface area (Å²) in [5, 5.41) is 3.98. The summed E-state index contributed by atoms with van der Waals surface area (Å²) >= 11 is 0. The number of benzene rings is 2. The number of nitrogens with one attached hydrogen (secondary N) is 1. The maximum atomic E-state index is 11.9. The van der Waals surface area contributed by atoms with Crippen LogP contribution in [0.5, 0.6) is 17.2 Å². The minimum Gasteiger partial charge on any atom is -0.493 e. The van der Waals surface area contributed by atoms with Crippen LogP contribution in [0.1, 0.15) is 50.7 Å². The number of unbranched alkanes of at least 4 members (excludes halogenated alkanes) is 3. The highest BCUT2D eigenvalue weighted by molar-refractivity contribution is 5.83. The van der Waals surface area contributed by atoms with Crippen LogP contribution in [-0.2, 0) is 11.2 Å². The predicted molar refractivity (Wildman–Crippen MR) is 120 cm³/mol. The van der Waals surface area contributed by atoms with E-state index in [-0.39, 0.29) is 12.5 Å². The SMILES string of the molecule is CCCCCCOc1ccc(C=NNC(=O)COc2ccc(CC)cc2)cc1OC. The van der Waals surface area contributed by atoms with Crippen molar-refractivity contribution in [3.8, 4) is 17.2 Å². The molecule has 0 saturated heterocycles. The summed E-state index contributed by atoms with van der Waals surface area (Å²) in [7, 11) is 1.60. The third-order valence-electron chi connectivity index (χ3n) is 4.55. The van der Waals surface area contributed by atoms with Gasteiger partial charge in [0.2, 0.25) is 0 Å². The first-order chi connectivity index (χ1) is 14.7. The number of hydrogen-bond donors (Lipinski definition) is 1. The predicted octanol–water partition coefficient (Wildman–Crippen LogP) is 4.75. The number of methoxy groups -OCH3 is 1. The Morgan fingerprint density at radius 1 is 1.00 bits per heavy atom. The first-order valence-electron chi connectivity index (χ1n) is 10.5. The Morgan fingerprint density at radius 2 is 1.80 bits per heavy atom. The molecule has 0 aromatic heterocycles. The third-order valence-corrected chi connectivity index (χ3v) is 4.55. The van der Waals surface area contributed by atoms with Crippen LogP contribution >= 0.6 is 0 Å². The summed E-state index contributed by atoms with van der Waals surface area (Å²) in [4.78, 5) is 11.9. The van der Waals surface area contributed by atoms with E-state index < -0.39 is 0 Å². The van der Waals surface area contributed by atoms with Gasteiger partial charge in [-0.1, -0.05) is 45.2 Å². The minimum absolute atomic E-state index is 0.100. The van der Waals surface area contributed by atoms with E-state index in [2.05, 4.69) is 24.4 Å². The number of rotatable bonds is 13. The number of carbonyl (C=O) groups is 1. The summed E-state index contributed by atoms with van der Waals surface area (Å²) in [6.45, 7) is 4.84. The standard InChI is InChI=1S/C24H32N2O4/c1-4-6-7-8-15-29-22-14-11-20(16-23(22)28-3)17-25-26-24(27)18-30-21-12-9-19(5-2)10-13-21/h9-14,16-17H,4-8,15,18H2,1-3H3,(H,26,27). The Morgan fingerprint density at radius 3 is 2.50 bits per heavy atom. The highest BCUT2D eigenvalue weighted by Gasteiger charge is 2.06. The second-order valence-corrected chi connectivity index (χ2v) is 6.90. The molecule has 6 heteroatoms. The summed E-state index contributed by atoms with van der Waals surface area (Å²) in [6.07, 6.45) is 7.13. The molecule has 0 heterocycles. The number of hydrogen-bond acceptors (Lipinski definition) is 5. The number of ether oxygens (including phenoxy) is 3. The van der Waals surface area contributed by atoms with Crippen LogP contribution in [-0.4, -0.2) is 32.4 Å². The smallest absolute Gasteiger partial charge is 0.277 e. The van der Waals surface area contributed by atoms with Crippen molar-refractivity contribution in [2.75, 3.05) is 20.3 Å². The van der Waals surface area contributed by atoms with E-state index >= 15 is 0 Å². The summed E-state index contributed by atoms with van der Waals surface area (Å²) in [5.41, 5.74) is 4.48. The molecule has 0 bridgehead atoms. The van der Waals surface area contributed by atoms with Crippen LogP contribution in [0.15, 0.2) is 47.6 Å². The van der Waals surface area contributed by atoms with Crippen molar-refractivity contribution in [1.29, 1.82) is 0 Å². The van der Waals surface area contributed by atoms with Gasteiger partial charge in [0.1, 0.15) is 5.75 Å². The third kappa shape index (κ3) is 8.15. The Labute approximate surface area is 179 Å². The molecule has 6 nitrogen and oxygen atoms in total. The van der Waals surface area contributed by atoms with Gasteiger partial charge in [0.05, 0.1) is 19.9 Å². The van der Waals surface area contributed by atoms with Gasteiger partial charge < -0.3 is 14.2 Å². The fourth-order valence-corrected chi connectivity index (χ4v) is 2.78. The molecule has 1 amide bonds. The molecular weight excluding hydrogens is 380 g/mol. The van der Waals surface area contributed by atoms with E-state index in [1.54, 1.807) is 13.3 Å². The van der Waals surface area contributed by atoms with Crippen molar-refractivity contribution in [2.45, 2.75) is 46.0 Å². The zero-order valence-electron chi connectivity index (χ0n) is 18.1. The molecule has 0 aliphatic rings. The van der Waals surface area contributed by atoms with Crippen LogP contribution in [0.2, 0.25) is 0 Å². The Bertz CT molecular complexity index is 803. The fraction of sp³-hybridized carbons (Fsp3) is 0.417. The molecule has 2 aromatic carbocycles. The molecule has 30 heavy (non-hydrogen) atoms. The Kier molecular flexibility index (Phi) is 10.3. The van der Waals surface area contributed by atoms with Gasteiger partial charge in [0, 0.05) is 0 Å². The number of carbonyl (C=O) groups excluding carboxylic acids is 1. The van der Waals surface area contributed by atoms with E-state index in [1.807, 2.05) is 42.5 Å². The van der Waals surface area contributed by atoms with E-state index in [0.717, 1.165) is 24.8 Å². The average molecular weight is 413 g/mol. The molecule has 162 valence electrons. The van der Waals surface area contributed by atoms with Crippen LogP contribution in [0.4, 0.5) is 0 Å². The molecule has 2 rings (SSSR count). The van der Waals surface area contributed by atoms with Gasteiger partial charge in [-0.05, 0) is 54.3 Å². The van der Waals surface area contributed by atoms with E-state index in [4.69, 9.17) is 14.2 Å². The first-order valence-corrected chi connectivity index (χ1v) is 10.5. The molecule has 0 fully saturated rings. The quantitative estimate of drug-likeness (QED) is 0.293. The molecule has 2 aromatic rings. The van der Waals surface area contributed by atoms with Crippen LogP contribution < -0.4 is 19.6 Å². The zero-order chi connectivity index (χ0) is 21.6. The lowest BCUT2D eigenvalue weighted by atomic mass is 10.2. The van der Waals surface area contributed by atoms with Crippen LogP contribution in [0.25, 0.3) is 0 Å². The van der Waals surface area contributed by atoms with Gasteiger partial charge in [0.25, 0.3) is 5.91 Å². The number of aryl methyl sites for hydroxylation is 1. The zero-order valence-corrected chi connectivity index (χ0v) is 18.1. The normalized spacial score (nSPS) is 10.8. The monoisotopic (exact) mass is 412 g/mol. The summed E-state index contributed by atoms with van der Waals surface area (Å²) in [6, 6.07) is 13.2. The Hall–Kier alpha value is -3.02. The topological polar surface area (TPSA) is 69.2 Å². The fourth-order valence-electron chi connectivity index (χ4n) is 2.78. The molecule has 1 N–H and O–H groups in total. The van der Waals surface area contributed by atoms with Crippen molar-refractivity contribution >= 4 is 12.1 Å². The van der Waals surface area contributed by atoms with Crippen molar-refractivity contribution in [3.63, 3.8) is 0 Å². The average Bonchev–Trinajstić information content (AvgIpc) is 2.78. The molecular formula is C24H32N2O4. The molecule has 0 aliphatic carbocycles. The van der Waals surface area contributed by atoms with Gasteiger partial charge in [-0.15, -0.1) is 0 Å². The number of amides is 1. The van der Waals surface area contributed by atoms with E-state index in [9.17, 15) is 4.79 Å². The molecule has 0 saturated carbocycles. The molecule has 0 unspecified atom stereocenters. The second-order valence-electron chi connectivity index (χ2n) is 6.90. The van der Waals surface area contributed by atoms with Crippen LogP contribution in [0.3, 0.4) is 0 Å². The summed E-state index contributed by atoms with van der Waals surface area (Å²) in [5.74, 6) is 1.67. The van der Waals surface area contributed by atoms with Crippen molar-refractivity contribution in [3.05, 3.63) is 53.6 Å². The lowest BCUT2D eigenvalue weighted by Crippen LogP contribution is -2.24. The molecule has 0 atom stereocenters. The highest BCUT2D eigenvalue weighted by Crippen LogP contribution is 2.27. The van der Waals surface area contributed by atoms with Crippen LogP contribution in [0, 0.1) is 0 Å². The van der Waals surface area contributed by atoms with Gasteiger partial charge in [-0.3, -0.25) is 4.79 Å². The minimum atomic E-state index is -0.329. The van der Waals surface area contributed by atoms with Crippen molar-refractivity contribution in [2.24, 2.45) is 5.10 Å². The maximum Gasteiger partial charge on any atom is 0.277 e. The molecule has 0 aliphatic heterocycles. The van der Waals surface area contributed by atoms with E-state index in [1.165, 1.54) is 18.4 Å². The Balaban J connectivity index is 1.79. The first kappa shape index (κ1) is 23.3. The summed E-state index contributed by atoms with van der Waals surface area (Å²) < 4.78 is 16.7. The molecule has 0 radical (unpaired) electrons. The van der Waals surface area contributed by atoms with Gasteiger partial charge in [0.15, 0.2) is 18.1 Å². The molecule has 0 spiro atoms. The van der Waals surface area contributed by atoms with Gasteiger partial charge in [-0.25, -0.2) is 5.43 Å². The maximum absolute atomic E-state index is 11.9. The second kappa shape index (κ2) is 13.2. The van der Waals surface area contributed by atoms with Crippen molar-refractivity contribution in [1.82, 2.24) is 5.43 Å². The van der Waals surface area contributed by atoms with Gasteiger partial charge in [-0.2, -0.15) is 5.10 Å². The highest BCUT2D eigenvalue weighted by atomic mass is 16.5. The lowest BCUT2D eigenvalue weighted by molar-refractivity contribution is -0.123. The lowest BCUT2D eigenvalue weighted by Gasteiger charge is -2.11. The van der Waals surface area contributed by atoms with E-state index in [0.29, 0.717) is 23.9 Å². The number of hydrazone groups is 1.